The lowest BCUT2D eigenvalue weighted by molar-refractivity contribution is 0.0330. The van der Waals surface area contributed by atoms with Gasteiger partial charge in [0, 0.05) is 38.3 Å². The maximum Gasteiger partial charge on any atom is 0.254 e. The Morgan fingerprint density at radius 3 is 2.83 bits per heavy atom. The molecule has 156 valence electrons. The molecule has 1 heterocycles. The Balaban J connectivity index is 1.72. The molecule has 29 heavy (non-hydrogen) atoms. The summed E-state index contributed by atoms with van der Waals surface area (Å²) in [6.45, 7) is 7.65. The maximum absolute atomic E-state index is 13.3. The molecule has 5 nitrogen and oxygen atoms in total. The van der Waals surface area contributed by atoms with Crippen molar-refractivity contribution in [1.82, 2.24) is 9.80 Å². The van der Waals surface area contributed by atoms with E-state index in [-0.39, 0.29) is 5.91 Å². The molecule has 1 saturated heterocycles. The number of benzene rings is 1. The lowest BCUT2D eigenvalue weighted by Crippen LogP contribution is -2.43. The number of morpholine rings is 1. The molecule has 1 aliphatic carbocycles. The quantitative estimate of drug-likeness (QED) is 0.672. The fraction of sp³-hybridized carbons (Fsp3) is 0.458. The molecule has 0 N–H and O–H groups in total. The van der Waals surface area contributed by atoms with Crippen LogP contribution in [0.4, 0.5) is 0 Å². The topological polar surface area (TPSA) is 42.0 Å². The second kappa shape index (κ2) is 11.0. The van der Waals surface area contributed by atoms with Crippen molar-refractivity contribution in [2.45, 2.75) is 19.8 Å². The van der Waals surface area contributed by atoms with Crippen molar-refractivity contribution in [1.29, 1.82) is 0 Å². The molecule has 1 aromatic rings. The van der Waals surface area contributed by atoms with Crippen LogP contribution in [-0.4, -0.2) is 68.8 Å². The summed E-state index contributed by atoms with van der Waals surface area (Å²) in [4.78, 5) is 17.6. The van der Waals surface area contributed by atoms with Crippen LogP contribution in [0.1, 0.15) is 30.1 Å². The van der Waals surface area contributed by atoms with Crippen LogP contribution in [0, 0.1) is 0 Å². The van der Waals surface area contributed by atoms with Gasteiger partial charge in [-0.05, 0) is 43.5 Å². The molecule has 1 aromatic carbocycles. The summed E-state index contributed by atoms with van der Waals surface area (Å²) in [5.41, 5.74) is 3.08. The molecule has 2 aliphatic rings. The summed E-state index contributed by atoms with van der Waals surface area (Å²) in [7, 11) is 1.62. The van der Waals surface area contributed by atoms with Gasteiger partial charge in [-0.1, -0.05) is 35.9 Å². The van der Waals surface area contributed by atoms with Gasteiger partial charge in [-0.3, -0.25) is 9.69 Å². The molecule has 0 aromatic heterocycles. The van der Waals surface area contributed by atoms with Crippen LogP contribution >= 0.6 is 0 Å². The number of nitrogens with zero attached hydrogens (tertiary/aromatic N) is 2. The molecule has 0 saturated carbocycles. The van der Waals surface area contributed by atoms with Crippen LogP contribution in [-0.2, 0) is 4.74 Å². The summed E-state index contributed by atoms with van der Waals surface area (Å²) in [6.07, 6.45) is 11.0. The number of hydrogen-bond donors (Lipinski definition) is 0. The van der Waals surface area contributed by atoms with E-state index < -0.39 is 0 Å². The first-order chi connectivity index (χ1) is 14.2. The van der Waals surface area contributed by atoms with E-state index in [2.05, 4.69) is 36.1 Å². The third-order valence-electron chi connectivity index (χ3n) is 5.27. The molecule has 1 amide bonds. The van der Waals surface area contributed by atoms with E-state index in [0.29, 0.717) is 24.4 Å². The minimum Gasteiger partial charge on any atom is -0.497 e. The van der Waals surface area contributed by atoms with Gasteiger partial charge in [-0.2, -0.15) is 0 Å². The Labute approximate surface area is 174 Å². The van der Waals surface area contributed by atoms with Gasteiger partial charge < -0.3 is 14.4 Å². The van der Waals surface area contributed by atoms with E-state index in [1.165, 1.54) is 11.1 Å². The highest BCUT2D eigenvalue weighted by Gasteiger charge is 2.19. The summed E-state index contributed by atoms with van der Waals surface area (Å²) in [6, 6.07) is 7.40. The molecule has 1 fully saturated rings. The molecule has 3 rings (SSSR count). The fourth-order valence-electron chi connectivity index (χ4n) is 3.65. The molecule has 0 atom stereocenters. The maximum atomic E-state index is 13.3. The lowest BCUT2D eigenvalue weighted by Gasteiger charge is -2.30. The van der Waals surface area contributed by atoms with Gasteiger partial charge in [-0.25, -0.2) is 0 Å². The number of methoxy groups -OCH3 is 1. The van der Waals surface area contributed by atoms with Crippen molar-refractivity contribution in [3.8, 4) is 5.75 Å². The van der Waals surface area contributed by atoms with Gasteiger partial charge >= 0.3 is 0 Å². The van der Waals surface area contributed by atoms with Crippen molar-refractivity contribution in [2.24, 2.45) is 0 Å². The van der Waals surface area contributed by atoms with Crippen LogP contribution in [0.25, 0.3) is 0 Å². The highest BCUT2D eigenvalue weighted by atomic mass is 16.5. The Kier molecular flexibility index (Phi) is 8.08. The van der Waals surface area contributed by atoms with Gasteiger partial charge in [0.15, 0.2) is 0 Å². The minimum atomic E-state index is 0.0399. The Hall–Kier alpha value is -2.37. The van der Waals surface area contributed by atoms with Crippen molar-refractivity contribution in [3.05, 3.63) is 65.3 Å². The summed E-state index contributed by atoms with van der Waals surface area (Å²) < 4.78 is 10.7. The molecule has 0 bridgehead atoms. The first kappa shape index (κ1) is 21.3. The van der Waals surface area contributed by atoms with Gasteiger partial charge in [0.05, 0.1) is 20.3 Å². The molecule has 0 spiro atoms. The van der Waals surface area contributed by atoms with Crippen molar-refractivity contribution in [2.75, 3.05) is 53.0 Å². The number of carbonyl (C=O) groups excluding carboxylic acids is 1. The van der Waals surface area contributed by atoms with Crippen LogP contribution in [0.2, 0.25) is 0 Å². The SMILES string of the molecule is COc1cccc(C(=O)N(CCN2CCOCC2)C/C(C)=C/C2=CCCC=C2)c1. The molecule has 1 aliphatic heterocycles. The Morgan fingerprint density at radius 1 is 1.28 bits per heavy atom. The van der Waals surface area contributed by atoms with Crippen LogP contribution in [0.5, 0.6) is 5.75 Å². The lowest BCUT2D eigenvalue weighted by atomic mass is 10.0. The number of allylic oxidation sites excluding steroid dienone is 5. The number of rotatable bonds is 8. The normalized spacial score (nSPS) is 17.7. The molecule has 5 heteroatoms. The Bertz CT molecular complexity index is 776. The zero-order valence-electron chi connectivity index (χ0n) is 17.6. The minimum absolute atomic E-state index is 0.0399. The van der Waals surface area contributed by atoms with Crippen LogP contribution < -0.4 is 4.74 Å². The van der Waals surface area contributed by atoms with Gasteiger partial charge in [0.2, 0.25) is 0 Å². The standard InChI is InChI=1S/C24H32N2O3/c1-20(17-21-7-4-3-5-8-21)19-26(12-11-25-13-15-29-16-14-25)24(27)22-9-6-10-23(18-22)28-2/h4,6-10,17-18H,3,5,11-16,19H2,1-2H3/b20-17+. The monoisotopic (exact) mass is 396 g/mol. The number of amides is 1. The van der Waals surface area contributed by atoms with Gasteiger partial charge in [0.25, 0.3) is 5.91 Å². The van der Waals surface area contributed by atoms with Crippen molar-refractivity contribution >= 4 is 5.91 Å². The first-order valence-electron chi connectivity index (χ1n) is 10.4. The molecular formula is C24H32N2O3. The van der Waals surface area contributed by atoms with E-state index in [1.54, 1.807) is 7.11 Å². The highest BCUT2D eigenvalue weighted by Crippen LogP contribution is 2.17. The zero-order chi connectivity index (χ0) is 20.5. The predicted molar refractivity (Wildman–Crippen MR) is 116 cm³/mol. The average molecular weight is 397 g/mol. The van der Waals surface area contributed by atoms with Crippen LogP contribution in [0.15, 0.2) is 59.7 Å². The van der Waals surface area contributed by atoms with E-state index >= 15 is 0 Å². The average Bonchev–Trinajstić information content (AvgIpc) is 2.77. The summed E-state index contributed by atoms with van der Waals surface area (Å²) >= 11 is 0. The summed E-state index contributed by atoms with van der Waals surface area (Å²) in [5.74, 6) is 0.742. The highest BCUT2D eigenvalue weighted by molar-refractivity contribution is 5.94. The van der Waals surface area contributed by atoms with Crippen molar-refractivity contribution < 1.29 is 14.3 Å². The van der Waals surface area contributed by atoms with E-state index in [0.717, 1.165) is 45.7 Å². The predicted octanol–water partition coefficient (Wildman–Crippen LogP) is 3.69. The largest absolute Gasteiger partial charge is 0.497 e. The number of ether oxygens (including phenoxy) is 2. The zero-order valence-corrected chi connectivity index (χ0v) is 17.6. The number of carbonyl (C=O) groups is 1. The smallest absolute Gasteiger partial charge is 0.254 e. The van der Waals surface area contributed by atoms with E-state index in [4.69, 9.17) is 9.47 Å². The van der Waals surface area contributed by atoms with Gasteiger partial charge in [-0.15, -0.1) is 0 Å². The Morgan fingerprint density at radius 2 is 2.10 bits per heavy atom. The second-order valence-electron chi connectivity index (χ2n) is 7.59. The molecular weight excluding hydrogens is 364 g/mol. The van der Waals surface area contributed by atoms with E-state index in [1.807, 2.05) is 29.2 Å². The third kappa shape index (κ3) is 6.58. The second-order valence-corrected chi connectivity index (χ2v) is 7.59. The summed E-state index contributed by atoms with van der Waals surface area (Å²) in [5, 5.41) is 0. The molecule has 0 radical (unpaired) electrons. The van der Waals surface area contributed by atoms with Crippen LogP contribution in [0.3, 0.4) is 0 Å². The van der Waals surface area contributed by atoms with Crippen molar-refractivity contribution in [3.63, 3.8) is 0 Å². The fourth-order valence-corrected chi connectivity index (χ4v) is 3.65. The number of hydrogen-bond acceptors (Lipinski definition) is 4. The van der Waals surface area contributed by atoms with E-state index in [9.17, 15) is 4.79 Å². The molecule has 0 unspecified atom stereocenters. The first-order valence-corrected chi connectivity index (χ1v) is 10.4. The third-order valence-corrected chi connectivity index (χ3v) is 5.27. The van der Waals surface area contributed by atoms with Gasteiger partial charge in [0.1, 0.15) is 5.75 Å².